The van der Waals surface area contributed by atoms with E-state index >= 15 is 0 Å². The van der Waals surface area contributed by atoms with Crippen LogP contribution in [0.1, 0.15) is 0 Å². The number of nitrogens with one attached hydrogen (secondary N) is 2. The maximum Gasteiger partial charge on any atom is 0.133 e. The number of fused-ring (bicyclic) bond motifs is 1. The van der Waals surface area contributed by atoms with E-state index in [1.165, 1.54) is 5.69 Å². The van der Waals surface area contributed by atoms with Crippen LogP contribution in [0.25, 0.3) is 11.0 Å². The van der Waals surface area contributed by atoms with Crippen molar-refractivity contribution in [2.24, 2.45) is 0 Å². The summed E-state index contributed by atoms with van der Waals surface area (Å²) in [5.41, 5.74) is 2.76. The average Bonchev–Trinajstić information content (AvgIpc) is 2.63. The van der Waals surface area contributed by atoms with Crippen LogP contribution in [-0.2, 0) is 0 Å². The van der Waals surface area contributed by atoms with Crippen LogP contribution >= 0.6 is 0 Å². The Hall–Kier alpha value is -2.80. The molecule has 2 N–H and O–H groups in total. The second kappa shape index (κ2) is 6.13. The second-order valence-electron chi connectivity index (χ2n) is 5.38. The molecule has 4 heterocycles. The first-order chi connectivity index (χ1) is 11.4. The van der Waals surface area contributed by atoms with E-state index in [-0.39, 0.29) is 0 Å². The van der Waals surface area contributed by atoms with Crippen molar-refractivity contribution in [1.82, 2.24) is 25.3 Å². The minimum atomic E-state index is 0.711. The van der Waals surface area contributed by atoms with E-state index in [0.29, 0.717) is 5.82 Å². The molecule has 0 atom stereocenters. The van der Waals surface area contributed by atoms with Crippen LogP contribution in [0.4, 0.5) is 17.3 Å². The molecule has 1 saturated heterocycles. The molecular formula is C16H17N7. The van der Waals surface area contributed by atoms with Crippen LogP contribution in [0.15, 0.2) is 43.0 Å². The van der Waals surface area contributed by atoms with Crippen LogP contribution in [-0.4, -0.2) is 46.1 Å². The zero-order valence-electron chi connectivity index (χ0n) is 12.6. The van der Waals surface area contributed by atoms with Gasteiger partial charge in [0, 0.05) is 62.6 Å². The van der Waals surface area contributed by atoms with Crippen molar-refractivity contribution in [2.45, 2.75) is 0 Å². The van der Waals surface area contributed by atoms with Gasteiger partial charge in [-0.25, -0.2) is 9.97 Å². The first-order valence-electron chi connectivity index (χ1n) is 7.64. The molecule has 0 aliphatic carbocycles. The fourth-order valence-electron chi connectivity index (χ4n) is 2.67. The van der Waals surface area contributed by atoms with Gasteiger partial charge < -0.3 is 15.5 Å². The van der Waals surface area contributed by atoms with Gasteiger partial charge in [-0.2, -0.15) is 0 Å². The molecule has 7 heteroatoms. The Morgan fingerprint density at radius 2 is 1.65 bits per heavy atom. The lowest BCUT2D eigenvalue weighted by molar-refractivity contribution is 0.589. The summed E-state index contributed by atoms with van der Waals surface area (Å²) in [7, 11) is 0. The summed E-state index contributed by atoms with van der Waals surface area (Å²) in [4.78, 5) is 19.6. The molecule has 3 aromatic rings. The van der Waals surface area contributed by atoms with Crippen molar-refractivity contribution in [2.75, 3.05) is 36.4 Å². The first kappa shape index (κ1) is 13.8. The van der Waals surface area contributed by atoms with Gasteiger partial charge in [0.25, 0.3) is 0 Å². The Balaban J connectivity index is 1.57. The SMILES string of the molecule is c1cc(N2CCNCC2)cc(Nc2cc3nccnc3cn2)n1. The van der Waals surface area contributed by atoms with E-state index in [4.69, 9.17) is 0 Å². The maximum atomic E-state index is 4.38. The molecule has 0 bridgehead atoms. The number of hydrogen-bond donors (Lipinski definition) is 2. The van der Waals surface area contributed by atoms with E-state index in [2.05, 4.69) is 35.5 Å². The third-order valence-electron chi connectivity index (χ3n) is 3.84. The predicted molar refractivity (Wildman–Crippen MR) is 89.9 cm³/mol. The number of hydrogen-bond acceptors (Lipinski definition) is 7. The van der Waals surface area contributed by atoms with Crippen LogP contribution in [0, 0.1) is 0 Å². The molecule has 23 heavy (non-hydrogen) atoms. The molecular weight excluding hydrogens is 290 g/mol. The van der Waals surface area contributed by atoms with Gasteiger partial charge in [-0.1, -0.05) is 0 Å². The van der Waals surface area contributed by atoms with Gasteiger partial charge in [-0.05, 0) is 6.07 Å². The fraction of sp³-hybridized carbons (Fsp3) is 0.250. The minimum Gasteiger partial charge on any atom is -0.369 e. The number of anilines is 3. The zero-order valence-corrected chi connectivity index (χ0v) is 12.6. The number of piperazine rings is 1. The Labute approximate surface area is 133 Å². The molecule has 0 aromatic carbocycles. The number of pyridine rings is 2. The van der Waals surface area contributed by atoms with Gasteiger partial charge in [-0.15, -0.1) is 0 Å². The third-order valence-corrected chi connectivity index (χ3v) is 3.84. The lowest BCUT2D eigenvalue weighted by Gasteiger charge is -2.29. The van der Waals surface area contributed by atoms with Crippen LogP contribution in [0.3, 0.4) is 0 Å². The molecule has 1 aliphatic rings. The van der Waals surface area contributed by atoms with Crippen molar-refractivity contribution in [1.29, 1.82) is 0 Å². The van der Waals surface area contributed by atoms with E-state index in [1.54, 1.807) is 18.6 Å². The molecule has 1 fully saturated rings. The third kappa shape index (κ3) is 3.04. The predicted octanol–water partition coefficient (Wildman–Crippen LogP) is 1.57. The zero-order chi connectivity index (χ0) is 15.5. The average molecular weight is 307 g/mol. The quantitative estimate of drug-likeness (QED) is 0.760. The molecule has 1 aliphatic heterocycles. The lowest BCUT2D eigenvalue weighted by Crippen LogP contribution is -2.43. The summed E-state index contributed by atoms with van der Waals surface area (Å²) < 4.78 is 0. The highest BCUT2D eigenvalue weighted by Gasteiger charge is 2.11. The maximum absolute atomic E-state index is 4.38. The van der Waals surface area contributed by atoms with Gasteiger partial charge in [0.15, 0.2) is 0 Å². The van der Waals surface area contributed by atoms with E-state index in [9.17, 15) is 0 Å². The molecule has 116 valence electrons. The fourth-order valence-corrected chi connectivity index (χ4v) is 2.67. The molecule has 0 unspecified atom stereocenters. The molecule has 0 saturated carbocycles. The summed E-state index contributed by atoms with van der Waals surface area (Å²) in [6.07, 6.45) is 6.87. The lowest BCUT2D eigenvalue weighted by atomic mass is 10.3. The van der Waals surface area contributed by atoms with Crippen LogP contribution in [0.2, 0.25) is 0 Å². The number of rotatable bonds is 3. The standard InChI is InChI=1S/C16H17N7/c1-2-20-15(9-12(1)23-7-5-17-6-8-23)22-16-10-13-14(11-21-16)19-4-3-18-13/h1-4,9-11,17H,5-8H2,(H,20,21,22). The van der Waals surface area contributed by atoms with E-state index in [0.717, 1.165) is 43.0 Å². The highest BCUT2D eigenvalue weighted by atomic mass is 15.2. The van der Waals surface area contributed by atoms with Crippen molar-refractivity contribution >= 4 is 28.4 Å². The Morgan fingerprint density at radius 3 is 2.52 bits per heavy atom. The summed E-state index contributed by atoms with van der Waals surface area (Å²) in [5.74, 6) is 1.49. The Bertz CT molecular complexity index is 814. The smallest absolute Gasteiger partial charge is 0.133 e. The highest BCUT2D eigenvalue weighted by Crippen LogP contribution is 2.21. The topological polar surface area (TPSA) is 78.9 Å². The van der Waals surface area contributed by atoms with Crippen molar-refractivity contribution in [3.8, 4) is 0 Å². The monoisotopic (exact) mass is 307 g/mol. The molecule has 0 spiro atoms. The summed E-state index contributed by atoms with van der Waals surface area (Å²) in [5, 5.41) is 6.60. The second-order valence-corrected chi connectivity index (χ2v) is 5.38. The Kier molecular flexibility index (Phi) is 3.69. The molecule has 4 rings (SSSR count). The first-order valence-corrected chi connectivity index (χ1v) is 7.64. The van der Waals surface area contributed by atoms with Gasteiger partial charge in [-0.3, -0.25) is 9.97 Å². The summed E-state index contributed by atoms with van der Waals surface area (Å²) >= 11 is 0. The van der Waals surface area contributed by atoms with Gasteiger partial charge in [0.1, 0.15) is 17.2 Å². The normalized spacial score (nSPS) is 14.9. The van der Waals surface area contributed by atoms with E-state index in [1.807, 2.05) is 24.4 Å². The van der Waals surface area contributed by atoms with Crippen molar-refractivity contribution in [3.05, 3.63) is 43.0 Å². The molecule has 0 amide bonds. The van der Waals surface area contributed by atoms with Gasteiger partial charge in [0.2, 0.25) is 0 Å². The van der Waals surface area contributed by atoms with Crippen molar-refractivity contribution in [3.63, 3.8) is 0 Å². The summed E-state index contributed by atoms with van der Waals surface area (Å²) in [6.45, 7) is 4.03. The Morgan fingerprint density at radius 1 is 0.870 bits per heavy atom. The van der Waals surface area contributed by atoms with E-state index < -0.39 is 0 Å². The number of nitrogens with zero attached hydrogens (tertiary/aromatic N) is 5. The molecule has 7 nitrogen and oxygen atoms in total. The largest absolute Gasteiger partial charge is 0.369 e. The highest BCUT2D eigenvalue weighted by molar-refractivity contribution is 5.76. The van der Waals surface area contributed by atoms with Crippen LogP contribution < -0.4 is 15.5 Å². The number of aromatic nitrogens is 4. The van der Waals surface area contributed by atoms with Crippen LogP contribution in [0.5, 0.6) is 0 Å². The summed E-state index contributed by atoms with van der Waals surface area (Å²) in [6, 6.07) is 5.96. The van der Waals surface area contributed by atoms with Gasteiger partial charge >= 0.3 is 0 Å². The minimum absolute atomic E-state index is 0.711. The molecule has 0 radical (unpaired) electrons. The van der Waals surface area contributed by atoms with Crippen molar-refractivity contribution < 1.29 is 0 Å². The molecule has 3 aromatic heterocycles. The van der Waals surface area contributed by atoms with Gasteiger partial charge in [0.05, 0.1) is 11.7 Å².